The van der Waals surface area contributed by atoms with Crippen molar-refractivity contribution < 1.29 is 30.3 Å². The van der Waals surface area contributed by atoms with Crippen molar-refractivity contribution >= 4 is 0 Å². The van der Waals surface area contributed by atoms with Crippen molar-refractivity contribution in [3.05, 3.63) is 12.3 Å². The van der Waals surface area contributed by atoms with Crippen molar-refractivity contribution in [1.29, 1.82) is 0 Å². The van der Waals surface area contributed by atoms with Crippen LogP contribution in [-0.4, -0.2) is 46.5 Å². The predicted molar refractivity (Wildman–Crippen MR) is 42.7 cm³/mol. The fourth-order valence-corrected chi connectivity index (χ4v) is 0.567. The van der Waals surface area contributed by atoms with E-state index >= 15 is 0 Å². The van der Waals surface area contributed by atoms with Crippen LogP contribution in [0, 0.1) is 0 Å². The van der Waals surface area contributed by atoms with Crippen molar-refractivity contribution in [3.63, 3.8) is 0 Å². The largest absolute Gasteiger partial charge is 0.504 e. The molecule has 1 rings (SSSR count). The topological polar surface area (TPSA) is 149 Å². The van der Waals surface area contributed by atoms with Gasteiger partial charge in [0.15, 0.2) is 5.76 Å². The van der Waals surface area contributed by atoms with E-state index in [1.807, 2.05) is 0 Å². The standard InChI is InChI=1S/C6H7N3O6/c1-2(10)6(13,14)15-5-8-3(11)7-4(12)9-5/h10,13-14H,1H2,(H2,7,8,9,11,12). The number of hydrogen-bond donors (Lipinski definition) is 5. The molecule has 0 aliphatic carbocycles. The Morgan fingerprint density at radius 3 is 2.00 bits per heavy atom. The van der Waals surface area contributed by atoms with Crippen molar-refractivity contribution in [1.82, 2.24) is 15.0 Å². The number of aromatic hydroxyl groups is 2. The third kappa shape index (κ3) is 2.65. The SMILES string of the molecule is C=C(O)C(O)(O)Oc1nc(O)nc(O)n1. The van der Waals surface area contributed by atoms with E-state index in [4.69, 9.17) is 25.5 Å². The molecule has 1 aromatic heterocycles. The highest BCUT2D eigenvalue weighted by Gasteiger charge is 2.32. The summed E-state index contributed by atoms with van der Waals surface area (Å²) >= 11 is 0. The molecule has 0 aromatic carbocycles. The molecular weight excluding hydrogens is 210 g/mol. The average molecular weight is 217 g/mol. The van der Waals surface area contributed by atoms with Crippen LogP contribution in [0.3, 0.4) is 0 Å². The number of hydrogen-bond acceptors (Lipinski definition) is 9. The first-order valence-electron chi connectivity index (χ1n) is 3.47. The average Bonchev–Trinajstić information content (AvgIpc) is 1.99. The van der Waals surface area contributed by atoms with E-state index in [1.165, 1.54) is 0 Å². The van der Waals surface area contributed by atoms with Crippen LogP contribution >= 0.6 is 0 Å². The number of ether oxygens (including phenoxy) is 1. The summed E-state index contributed by atoms with van der Waals surface area (Å²) in [5.41, 5.74) is 0. The number of aromatic nitrogens is 3. The monoisotopic (exact) mass is 217 g/mol. The third-order valence-electron chi connectivity index (χ3n) is 1.20. The molecule has 0 atom stereocenters. The van der Waals surface area contributed by atoms with Gasteiger partial charge in [-0.1, -0.05) is 6.58 Å². The number of aliphatic hydroxyl groups is 3. The minimum atomic E-state index is -3.12. The first kappa shape index (κ1) is 10.9. The molecule has 0 spiro atoms. The Bertz CT molecular complexity index is 372. The lowest BCUT2D eigenvalue weighted by molar-refractivity contribution is -0.282. The van der Waals surface area contributed by atoms with E-state index in [-0.39, 0.29) is 0 Å². The summed E-state index contributed by atoms with van der Waals surface area (Å²) in [6.07, 6.45) is 0. The molecule has 15 heavy (non-hydrogen) atoms. The Hall–Kier alpha value is -2.13. The Kier molecular flexibility index (Phi) is 2.59. The van der Waals surface area contributed by atoms with Crippen molar-refractivity contribution in [2.75, 3.05) is 0 Å². The normalized spacial score (nSPS) is 11.1. The Morgan fingerprint density at radius 1 is 1.13 bits per heavy atom. The maximum absolute atomic E-state index is 8.95. The van der Waals surface area contributed by atoms with E-state index in [1.54, 1.807) is 0 Å². The van der Waals surface area contributed by atoms with Gasteiger partial charge in [-0.25, -0.2) is 0 Å². The van der Waals surface area contributed by atoms with Crippen LogP contribution in [-0.2, 0) is 0 Å². The van der Waals surface area contributed by atoms with Gasteiger partial charge in [-0.3, -0.25) is 0 Å². The second-order valence-corrected chi connectivity index (χ2v) is 2.37. The molecule has 82 valence electrons. The van der Waals surface area contributed by atoms with Gasteiger partial charge in [-0.15, -0.1) is 15.0 Å². The third-order valence-corrected chi connectivity index (χ3v) is 1.20. The lowest BCUT2D eigenvalue weighted by Gasteiger charge is -2.18. The van der Waals surface area contributed by atoms with E-state index < -0.39 is 29.8 Å². The van der Waals surface area contributed by atoms with Crippen molar-refractivity contribution in [2.24, 2.45) is 0 Å². The van der Waals surface area contributed by atoms with Crippen LogP contribution < -0.4 is 4.74 Å². The summed E-state index contributed by atoms with van der Waals surface area (Å²) in [5.74, 6) is -4.25. The van der Waals surface area contributed by atoms with E-state index in [0.29, 0.717) is 0 Å². The maximum atomic E-state index is 8.95. The van der Waals surface area contributed by atoms with E-state index in [9.17, 15) is 0 Å². The summed E-state index contributed by atoms with van der Waals surface area (Å²) in [4.78, 5) is 9.13. The minimum absolute atomic E-state index is 0.805. The summed E-state index contributed by atoms with van der Waals surface area (Å²) < 4.78 is 4.20. The Labute approximate surface area is 82.6 Å². The fraction of sp³-hybridized carbons (Fsp3) is 0.167. The molecule has 1 heterocycles. The molecule has 5 N–H and O–H groups in total. The number of rotatable bonds is 3. The smallest absolute Gasteiger partial charge is 0.386 e. The summed E-state index contributed by atoms with van der Waals surface area (Å²) in [6, 6.07) is -2.59. The molecule has 0 saturated heterocycles. The molecule has 0 amide bonds. The molecule has 0 saturated carbocycles. The van der Waals surface area contributed by atoms with Gasteiger partial charge in [0, 0.05) is 0 Å². The fourth-order valence-electron chi connectivity index (χ4n) is 0.567. The minimum Gasteiger partial charge on any atom is -0.504 e. The highest BCUT2D eigenvalue weighted by atomic mass is 16.8. The van der Waals surface area contributed by atoms with Crippen LogP contribution in [0.5, 0.6) is 18.0 Å². The second-order valence-electron chi connectivity index (χ2n) is 2.37. The van der Waals surface area contributed by atoms with Crippen LogP contribution in [0.25, 0.3) is 0 Å². The van der Waals surface area contributed by atoms with Gasteiger partial charge in [0.05, 0.1) is 0 Å². The van der Waals surface area contributed by atoms with Gasteiger partial charge in [-0.05, 0) is 0 Å². The zero-order valence-electron chi connectivity index (χ0n) is 7.19. The van der Waals surface area contributed by atoms with Crippen molar-refractivity contribution in [2.45, 2.75) is 5.97 Å². The molecule has 0 radical (unpaired) electrons. The molecule has 9 nitrogen and oxygen atoms in total. The molecular formula is C6H7N3O6. The van der Waals surface area contributed by atoms with Gasteiger partial charge in [0.2, 0.25) is 0 Å². The van der Waals surface area contributed by atoms with Crippen LogP contribution in [0.15, 0.2) is 12.3 Å². The zero-order chi connectivity index (χ0) is 11.6. The van der Waals surface area contributed by atoms with Crippen LogP contribution in [0.2, 0.25) is 0 Å². The maximum Gasteiger partial charge on any atom is 0.386 e. The Morgan fingerprint density at radius 2 is 1.60 bits per heavy atom. The number of aliphatic hydroxyl groups excluding tert-OH is 1. The van der Waals surface area contributed by atoms with Crippen LogP contribution in [0.4, 0.5) is 0 Å². The van der Waals surface area contributed by atoms with Gasteiger partial charge in [0.1, 0.15) is 0 Å². The van der Waals surface area contributed by atoms with Crippen molar-refractivity contribution in [3.8, 4) is 18.0 Å². The molecule has 0 aliphatic heterocycles. The molecule has 1 aromatic rings. The van der Waals surface area contributed by atoms with E-state index in [0.717, 1.165) is 0 Å². The molecule has 0 aliphatic rings. The lowest BCUT2D eigenvalue weighted by Crippen LogP contribution is -2.37. The van der Waals surface area contributed by atoms with E-state index in [2.05, 4.69) is 26.3 Å². The molecule has 9 heteroatoms. The molecule has 0 unspecified atom stereocenters. The highest BCUT2D eigenvalue weighted by molar-refractivity contribution is 5.08. The predicted octanol–water partition coefficient (Wildman–Crippen LogP) is -1.63. The summed E-state index contributed by atoms with van der Waals surface area (Å²) in [5, 5.41) is 44.1. The lowest BCUT2D eigenvalue weighted by atomic mass is 10.5. The quantitative estimate of drug-likeness (QED) is 0.297. The first-order valence-corrected chi connectivity index (χ1v) is 3.47. The summed E-state index contributed by atoms with van der Waals surface area (Å²) in [7, 11) is 0. The van der Waals surface area contributed by atoms with Crippen LogP contribution in [0.1, 0.15) is 0 Å². The van der Waals surface area contributed by atoms with Gasteiger partial charge in [0.25, 0.3) is 0 Å². The molecule has 0 fully saturated rings. The Balaban J connectivity index is 2.94. The van der Waals surface area contributed by atoms with Gasteiger partial charge >= 0.3 is 24.0 Å². The first-order chi connectivity index (χ1) is 6.81. The second kappa shape index (κ2) is 3.55. The zero-order valence-corrected chi connectivity index (χ0v) is 7.19. The highest BCUT2D eigenvalue weighted by Crippen LogP contribution is 2.17. The molecule has 0 bridgehead atoms. The number of nitrogens with zero attached hydrogens (tertiary/aromatic N) is 3. The summed E-state index contributed by atoms with van der Waals surface area (Å²) in [6.45, 7) is 2.80. The van der Waals surface area contributed by atoms with Gasteiger partial charge in [-0.2, -0.15) is 0 Å². The van der Waals surface area contributed by atoms with Gasteiger partial charge < -0.3 is 30.3 Å².